The van der Waals surface area contributed by atoms with Gasteiger partial charge in [0.05, 0.1) is 0 Å². The highest BCUT2D eigenvalue weighted by molar-refractivity contribution is 5.75. The van der Waals surface area contributed by atoms with E-state index in [1.54, 1.807) is 0 Å². The summed E-state index contributed by atoms with van der Waals surface area (Å²) in [5.74, 6) is 4.91. The Kier molecular flexibility index (Phi) is 5.10. The van der Waals surface area contributed by atoms with E-state index >= 15 is 0 Å². The third-order valence-electron chi connectivity index (χ3n) is 1.12. The minimum atomic E-state index is -0.423. The molecule has 0 aromatic carbocycles. The molecule has 11 heavy (non-hydrogen) atoms. The Labute approximate surface area is 65.3 Å². The van der Waals surface area contributed by atoms with Crippen LogP contribution in [0.25, 0.3) is 0 Å². The summed E-state index contributed by atoms with van der Waals surface area (Å²) in [6.45, 7) is 1.99. The molecule has 0 heterocycles. The lowest BCUT2D eigenvalue weighted by atomic mass is 10.2. The van der Waals surface area contributed by atoms with E-state index in [-0.39, 0.29) is 5.78 Å². The summed E-state index contributed by atoms with van der Waals surface area (Å²) >= 11 is 0. The quantitative estimate of drug-likeness (QED) is 0.224. The summed E-state index contributed by atoms with van der Waals surface area (Å²) in [5, 5.41) is 2.46. The van der Waals surface area contributed by atoms with Crippen LogP contribution in [0.4, 0.5) is 4.79 Å². The lowest BCUT2D eigenvalue weighted by Crippen LogP contribution is -2.40. The Hall–Kier alpha value is -1.10. The van der Waals surface area contributed by atoms with Gasteiger partial charge in [0.2, 0.25) is 0 Å². The van der Waals surface area contributed by atoms with E-state index in [4.69, 9.17) is 5.84 Å². The molecule has 64 valence electrons. The van der Waals surface area contributed by atoms with Crippen LogP contribution < -0.4 is 16.6 Å². The molecule has 0 unspecified atom stereocenters. The first kappa shape index (κ1) is 9.90. The van der Waals surface area contributed by atoms with Gasteiger partial charge in [-0.3, -0.25) is 5.43 Å². The monoisotopic (exact) mass is 159 g/mol. The topological polar surface area (TPSA) is 84.2 Å². The summed E-state index contributed by atoms with van der Waals surface area (Å²) in [4.78, 5) is 20.8. The summed E-state index contributed by atoms with van der Waals surface area (Å²) in [5.41, 5.74) is 1.92. The third-order valence-corrected chi connectivity index (χ3v) is 1.12. The summed E-state index contributed by atoms with van der Waals surface area (Å²) < 4.78 is 0. The molecule has 5 nitrogen and oxygen atoms in total. The fourth-order valence-corrected chi connectivity index (χ4v) is 0.590. The highest BCUT2D eigenvalue weighted by Gasteiger charge is 1.96. The van der Waals surface area contributed by atoms with Crippen molar-refractivity contribution in [2.75, 3.05) is 6.54 Å². The first-order chi connectivity index (χ1) is 5.16. The molecule has 0 rings (SSSR count). The molecule has 0 radical (unpaired) electrons. The van der Waals surface area contributed by atoms with E-state index in [0.29, 0.717) is 19.4 Å². The lowest BCUT2D eigenvalue weighted by Gasteiger charge is -2.01. The van der Waals surface area contributed by atoms with Gasteiger partial charge in [-0.15, -0.1) is 0 Å². The van der Waals surface area contributed by atoms with Gasteiger partial charge in [0.25, 0.3) is 0 Å². The Balaban J connectivity index is 3.14. The number of carbonyl (C=O) groups excluding carboxylic acids is 2. The maximum atomic E-state index is 10.4. The SMILES string of the molecule is CC(=O)CCCNC(=O)NN. The van der Waals surface area contributed by atoms with Crippen molar-refractivity contribution in [2.24, 2.45) is 5.84 Å². The van der Waals surface area contributed by atoms with Gasteiger partial charge in [0.15, 0.2) is 0 Å². The number of amides is 2. The summed E-state index contributed by atoms with van der Waals surface area (Å²) in [6.07, 6.45) is 1.15. The number of hydrazine groups is 1. The Morgan fingerprint density at radius 1 is 1.45 bits per heavy atom. The van der Waals surface area contributed by atoms with Crippen molar-refractivity contribution in [3.63, 3.8) is 0 Å². The maximum Gasteiger partial charge on any atom is 0.328 e. The highest BCUT2D eigenvalue weighted by Crippen LogP contribution is 1.86. The van der Waals surface area contributed by atoms with Crippen molar-refractivity contribution in [2.45, 2.75) is 19.8 Å². The molecule has 0 aromatic rings. The van der Waals surface area contributed by atoms with Crippen molar-refractivity contribution < 1.29 is 9.59 Å². The number of rotatable bonds is 4. The van der Waals surface area contributed by atoms with Crippen LogP contribution in [0.3, 0.4) is 0 Å². The largest absolute Gasteiger partial charge is 0.337 e. The highest BCUT2D eigenvalue weighted by atomic mass is 16.2. The van der Waals surface area contributed by atoms with Crippen molar-refractivity contribution in [3.05, 3.63) is 0 Å². The number of urea groups is 1. The normalized spacial score (nSPS) is 8.91. The van der Waals surface area contributed by atoms with Crippen LogP contribution in [-0.2, 0) is 4.79 Å². The number of carbonyl (C=O) groups is 2. The second kappa shape index (κ2) is 5.67. The van der Waals surface area contributed by atoms with E-state index < -0.39 is 6.03 Å². The molecular formula is C6H13N3O2. The molecule has 5 heteroatoms. The standard InChI is InChI=1S/C6H13N3O2/c1-5(10)3-2-4-8-6(11)9-7/h2-4,7H2,1H3,(H2,8,9,11). The molecule has 0 saturated carbocycles. The minimum absolute atomic E-state index is 0.125. The van der Waals surface area contributed by atoms with Crippen LogP contribution in [-0.4, -0.2) is 18.4 Å². The van der Waals surface area contributed by atoms with Crippen molar-refractivity contribution in [1.29, 1.82) is 0 Å². The van der Waals surface area contributed by atoms with Crippen LogP contribution in [0.5, 0.6) is 0 Å². The summed E-state index contributed by atoms with van der Waals surface area (Å²) in [6, 6.07) is -0.423. The van der Waals surface area contributed by atoms with Gasteiger partial charge in [-0.1, -0.05) is 0 Å². The molecule has 4 N–H and O–H groups in total. The molecule has 0 spiro atoms. The van der Waals surface area contributed by atoms with E-state index in [2.05, 4.69) is 5.32 Å². The zero-order chi connectivity index (χ0) is 8.69. The second-order valence-corrected chi connectivity index (χ2v) is 2.21. The molecule has 0 saturated heterocycles. The fraction of sp³-hybridized carbons (Fsp3) is 0.667. The average molecular weight is 159 g/mol. The van der Waals surface area contributed by atoms with Crippen LogP contribution in [0.15, 0.2) is 0 Å². The molecule has 0 aliphatic heterocycles. The smallest absolute Gasteiger partial charge is 0.328 e. The molecule has 0 atom stereocenters. The van der Waals surface area contributed by atoms with E-state index in [0.717, 1.165) is 0 Å². The lowest BCUT2D eigenvalue weighted by molar-refractivity contribution is -0.117. The first-order valence-corrected chi connectivity index (χ1v) is 3.40. The Morgan fingerprint density at radius 2 is 2.09 bits per heavy atom. The van der Waals surface area contributed by atoms with E-state index in [1.165, 1.54) is 6.92 Å². The number of ketones is 1. The number of hydrogen-bond donors (Lipinski definition) is 3. The van der Waals surface area contributed by atoms with Gasteiger partial charge in [-0.05, 0) is 13.3 Å². The fourth-order valence-electron chi connectivity index (χ4n) is 0.590. The van der Waals surface area contributed by atoms with Crippen LogP contribution >= 0.6 is 0 Å². The number of hydrogen-bond acceptors (Lipinski definition) is 3. The van der Waals surface area contributed by atoms with Gasteiger partial charge >= 0.3 is 6.03 Å². The number of Topliss-reactive ketones (excluding diaryl/α,β-unsaturated/α-hetero) is 1. The van der Waals surface area contributed by atoms with Crippen molar-refractivity contribution >= 4 is 11.8 Å². The number of nitrogens with two attached hydrogens (primary N) is 1. The van der Waals surface area contributed by atoms with E-state index in [1.807, 2.05) is 5.43 Å². The van der Waals surface area contributed by atoms with Gasteiger partial charge in [0, 0.05) is 13.0 Å². The molecule has 0 aliphatic carbocycles. The second-order valence-electron chi connectivity index (χ2n) is 2.21. The van der Waals surface area contributed by atoms with E-state index in [9.17, 15) is 9.59 Å². The van der Waals surface area contributed by atoms with Gasteiger partial charge in [0.1, 0.15) is 5.78 Å². The molecular weight excluding hydrogens is 146 g/mol. The summed E-state index contributed by atoms with van der Waals surface area (Å²) in [7, 11) is 0. The number of nitrogens with one attached hydrogen (secondary N) is 2. The molecule has 2 amide bonds. The third kappa shape index (κ3) is 6.79. The predicted octanol–water partition coefficient (Wildman–Crippen LogP) is -0.471. The first-order valence-electron chi connectivity index (χ1n) is 3.40. The van der Waals surface area contributed by atoms with Crippen LogP contribution in [0.1, 0.15) is 19.8 Å². The average Bonchev–Trinajstić information content (AvgIpc) is 1.97. The Bertz CT molecular complexity index is 147. The maximum absolute atomic E-state index is 10.4. The van der Waals surface area contributed by atoms with Crippen LogP contribution in [0.2, 0.25) is 0 Å². The Morgan fingerprint density at radius 3 is 2.55 bits per heavy atom. The van der Waals surface area contributed by atoms with Crippen LogP contribution in [0, 0.1) is 0 Å². The molecule has 0 fully saturated rings. The molecule has 0 bridgehead atoms. The molecule has 0 aromatic heterocycles. The predicted molar refractivity (Wildman–Crippen MR) is 40.6 cm³/mol. The van der Waals surface area contributed by atoms with Crippen molar-refractivity contribution in [3.8, 4) is 0 Å². The van der Waals surface area contributed by atoms with Gasteiger partial charge in [-0.2, -0.15) is 0 Å². The minimum Gasteiger partial charge on any atom is -0.337 e. The van der Waals surface area contributed by atoms with Gasteiger partial charge in [-0.25, -0.2) is 10.6 Å². The zero-order valence-corrected chi connectivity index (χ0v) is 6.52. The van der Waals surface area contributed by atoms with Gasteiger partial charge < -0.3 is 10.1 Å². The molecule has 0 aliphatic rings. The van der Waals surface area contributed by atoms with Crippen molar-refractivity contribution in [1.82, 2.24) is 10.7 Å². The zero-order valence-electron chi connectivity index (χ0n) is 6.52.